The minimum absolute atomic E-state index is 0.0246. The number of carbonyl (C=O) groups is 1. The van der Waals surface area contributed by atoms with E-state index in [1.165, 1.54) is 0 Å². The molecule has 0 aliphatic rings. The van der Waals surface area contributed by atoms with Crippen molar-refractivity contribution >= 4 is 6.03 Å². The van der Waals surface area contributed by atoms with Crippen LogP contribution in [-0.2, 0) is 4.74 Å². The summed E-state index contributed by atoms with van der Waals surface area (Å²) in [6.45, 7) is 9.75. The lowest BCUT2D eigenvalue weighted by molar-refractivity contribution is 0.00947. The van der Waals surface area contributed by atoms with Crippen LogP contribution >= 0.6 is 0 Å². The van der Waals surface area contributed by atoms with Crippen molar-refractivity contribution in [3.05, 3.63) is 0 Å². The molecule has 108 valence electrons. The number of rotatable bonds is 7. The highest BCUT2D eigenvalue weighted by atomic mass is 16.5. The van der Waals surface area contributed by atoms with E-state index in [4.69, 9.17) is 9.84 Å². The summed E-state index contributed by atoms with van der Waals surface area (Å²) in [4.78, 5) is 11.7. The number of carbonyl (C=O) groups excluding carboxylic acids is 1. The number of hydrogen-bond acceptors (Lipinski definition) is 3. The molecule has 0 rings (SSSR count). The number of aliphatic hydroxyl groups excluding tert-OH is 1. The monoisotopic (exact) mass is 260 g/mol. The Balaban J connectivity index is 4.09. The normalized spacial score (nSPS) is 16.8. The van der Waals surface area contributed by atoms with Gasteiger partial charge in [0.2, 0.25) is 0 Å². The summed E-state index contributed by atoms with van der Waals surface area (Å²) < 4.78 is 5.32. The minimum Gasteiger partial charge on any atom is -0.396 e. The lowest BCUT2D eigenvalue weighted by atomic mass is 10.00. The molecule has 0 aliphatic heterocycles. The van der Waals surface area contributed by atoms with Gasteiger partial charge in [0.1, 0.15) is 0 Å². The summed E-state index contributed by atoms with van der Waals surface area (Å²) in [5.74, 6) is 0.0430. The number of ether oxygens (including phenoxy) is 1. The van der Waals surface area contributed by atoms with E-state index in [0.29, 0.717) is 0 Å². The fourth-order valence-electron chi connectivity index (χ4n) is 1.64. The van der Waals surface area contributed by atoms with Crippen molar-refractivity contribution in [1.82, 2.24) is 10.6 Å². The molecule has 0 aliphatic carbocycles. The van der Waals surface area contributed by atoms with Crippen LogP contribution in [0.5, 0.6) is 0 Å². The Labute approximate surface area is 110 Å². The molecule has 0 aromatic heterocycles. The molecule has 0 saturated carbocycles. The lowest BCUT2D eigenvalue weighted by Crippen LogP contribution is -2.48. The largest absolute Gasteiger partial charge is 0.396 e. The Bertz CT molecular complexity index is 257. The molecule has 0 bridgehead atoms. The van der Waals surface area contributed by atoms with Gasteiger partial charge in [-0.1, -0.05) is 6.92 Å². The number of methoxy groups -OCH3 is 1. The van der Waals surface area contributed by atoms with E-state index in [9.17, 15) is 4.79 Å². The summed E-state index contributed by atoms with van der Waals surface area (Å²) in [5.41, 5.74) is -0.253. The first kappa shape index (κ1) is 17.2. The second-order valence-electron chi connectivity index (χ2n) is 5.64. The quantitative estimate of drug-likeness (QED) is 0.650. The maximum absolute atomic E-state index is 11.7. The third-order valence-corrected chi connectivity index (χ3v) is 3.23. The first-order valence-corrected chi connectivity index (χ1v) is 6.45. The lowest BCUT2D eigenvalue weighted by Gasteiger charge is -2.28. The van der Waals surface area contributed by atoms with Gasteiger partial charge in [-0.25, -0.2) is 4.79 Å². The van der Waals surface area contributed by atoms with Gasteiger partial charge in [0.05, 0.1) is 5.60 Å². The summed E-state index contributed by atoms with van der Waals surface area (Å²) >= 11 is 0. The molecule has 3 N–H and O–H groups in total. The van der Waals surface area contributed by atoms with Crippen molar-refractivity contribution < 1.29 is 14.6 Å². The average molecular weight is 260 g/mol. The van der Waals surface area contributed by atoms with E-state index in [0.717, 1.165) is 6.42 Å². The first-order chi connectivity index (χ1) is 8.21. The molecular formula is C13H28N2O3. The molecule has 0 aromatic carbocycles. The van der Waals surface area contributed by atoms with Crippen molar-refractivity contribution in [3.63, 3.8) is 0 Å². The zero-order valence-corrected chi connectivity index (χ0v) is 12.4. The SMILES string of the molecule is COC(C)(C)CC(C)NC(=O)NC(C)C(C)CO. The Morgan fingerprint density at radius 3 is 2.28 bits per heavy atom. The van der Waals surface area contributed by atoms with Crippen molar-refractivity contribution in [3.8, 4) is 0 Å². The van der Waals surface area contributed by atoms with Crippen molar-refractivity contribution in [1.29, 1.82) is 0 Å². The van der Waals surface area contributed by atoms with Crippen molar-refractivity contribution in [2.45, 2.75) is 58.7 Å². The van der Waals surface area contributed by atoms with Crippen molar-refractivity contribution in [2.24, 2.45) is 5.92 Å². The molecule has 0 heterocycles. The van der Waals surface area contributed by atoms with Gasteiger partial charge < -0.3 is 20.5 Å². The Hall–Kier alpha value is -0.810. The van der Waals surface area contributed by atoms with Crippen LogP contribution in [0.4, 0.5) is 4.79 Å². The molecule has 3 atom stereocenters. The number of aliphatic hydroxyl groups is 1. The summed E-state index contributed by atoms with van der Waals surface area (Å²) in [7, 11) is 1.66. The van der Waals surface area contributed by atoms with Gasteiger partial charge >= 0.3 is 6.03 Å². The third kappa shape index (κ3) is 6.81. The second-order valence-corrected chi connectivity index (χ2v) is 5.64. The number of hydrogen-bond donors (Lipinski definition) is 3. The predicted molar refractivity (Wildman–Crippen MR) is 72.5 cm³/mol. The van der Waals surface area contributed by atoms with Gasteiger partial charge in [-0.2, -0.15) is 0 Å². The fourth-order valence-corrected chi connectivity index (χ4v) is 1.64. The molecule has 0 aromatic rings. The van der Waals surface area contributed by atoms with Gasteiger partial charge in [0, 0.05) is 25.8 Å². The zero-order valence-electron chi connectivity index (χ0n) is 12.4. The minimum atomic E-state index is -0.253. The van der Waals surface area contributed by atoms with Crippen LogP contribution in [0.25, 0.3) is 0 Å². The Morgan fingerprint density at radius 1 is 1.28 bits per heavy atom. The van der Waals surface area contributed by atoms with Crippen LogP contribution in [0, 0.1) is 5.92 Å². The van der Waals surface area contributed by atoms with Crippen LogP contribution < -0.4 is 10.6 Å². The van der Waals surface area contributed by atoms with Crippen LogP contribution in [0.15, 0.2) is 0 Å². The van der Waals surface area contributed by atoms with Crippen LogP contribution in [0.3, 0.4) is 0 Å². The average Bonchev–Trinajstić information content (AvgIpc) is 2.26. The number of amides is 2. The number of nitrogens with one attached hydrogen (secondary N) is 2. The molecule has 5 nitrogen and oxygen atoms in total. The topological polar surface area (TPSA) is 70.6 Å². The molecule has 3 unspecified atom stereocenters. The van der Waals surface area contributed by atoms with Gasteiger partial charge in [-0.3, -0.25) is 0 Å². The highest BCUT2D eigenvalue weighted by Gasteiger charge is 2.22. The zero-order chi connectivity index (χ0) is 14.3. The number of urea groups is 1. The highest BCUT2D eigenvalue weighted by Crippen LogP contribution is 2.15. The van der Waals surface area contributed by atoms with Crippen LogP contribution in [0.2, 0.25) is 0 Å². The van der Waals surface area contributed by atoms with E-state index in [2.05, 4.69) is 10.6 Å². The summed E-state index contributed by atoms with van der Waals surface area (Å²) in [5, 5.41) is 14.7. The van der Waals surface area contributed by atoms with E-state index < -0.39 is 0 Å². The molecule has 18 heavy (non-hydrogen) atoms. The second kappa shape index (κ2) is 7.59. The highest BCUT2D eigenvalue weighted by molar-refractivity contribution is 5.74. The maximum Gasteiger partial charge on any atom is 0.315 e. The van der Waals surface area contributed by atoms with Crippen LogP contribution in [-0.4, -0.2) is 42.5 Å². The Kier molecular flexibility index (Phi) is 7.25. The smallest absolute Gasteiger partial charge is 0.315 e. The maximum atomic E-state index is 11.7. The van der Waals surface area contributed by atoms with E-state index in [-0.39, 0.29) is 36.2 Å². The molecule has 5 heteroatoms. The molecule has 2 amide bonds. The molecule has 0 saturated heterocycles. The van der Waals surface area contributed by atoms with Crippen LogP contribution in [0.1, 0.15) is 41.0 Å². The first-order valence-electron chi connectivity index (χ1n) is 6.45. The van der Waals surface area contributed by atoms with Gasteiger partial charge in [-0.05, 0) is 40.0 Å². The third-order valence-electron chi connectivity index (χ3n) is 3.23. The van der Waals surface area contributed by atoms with E-state index in [1.807, 2.05) is 34.6 Å². The molecule has 0 radical (unpaired) electrons. The summed E-state index contributed by atoms with van der Waals surface area (Å²) in [6, 6.07) is -0.239. The van der Waals surface area contributed by atoms with Gasteiger partial charge in [0.15, 0.2) is 0 Å². The predicted octanol–water partition coefficient (Wildman–Crippen LogP) is 1.51. The summed E-state index contributed by atoms with van der Waals surface area (Å²) in [6.07, 6.45) is 0.737. The van der Waals surface area contributed by atoms with Crippen molar-refractivity contribution in [2.75, 3.05) is 13.7 Å². The Morgan fingerprint density at radius 2 is 1.83 bits per heavy atom. The van der Waals surface area contributed by atoms with E-state index in [1.54, 1.807) is 7.11 Å². The molecule has 0 spiro atoms. The van der Waals surface area contributed by atoms with Gasteiger partial charge in [-0.15, -0.1) is 0 Å². The molecular weight excluding hydrogens is 232 g/mol. The molecule has 0 fully saturated rings. The fraction of sp³-hybridized carbons (Fsp3) is 0.923. The standard InChI is InChI=1S/C13H28N2O3/c1-9(8-16)11(3)15-12(17)14-10(2)7-13(4,5)18-6/h9-11,16H,7-8H2,1-6H3,(H2,14,15,17). The van der Waals surface area contributed by atoms with Gasteiger partial charge in [0.25, 0.3) is 0 Å². The van der Waals surface area contributed by atoms with E-state index >= 15 is 0 Å².